The maximum Gasteiger partial charge on any atom is 0.253 e. The first-order valence-corrected chi connectivity index (χ1v) is 14.8. The van der Waals surface area contributed by atoms with E-state index in [0.29, 0.717) is 31.7 Å². The molecule has 0 aliphatic carbocycles. The molecular weight excluding hydrogens is 542 g/mol. The molecule has 1 aliphatic heterocycles. The van der Waals surface area contributed by atoms with Crippen LogP contribution in [0.5, 0.6) is 0 Å². The van der Waals surface area contributed by atoms with Crippen molar-refractivity contribution < 1.29 is 28.3 Å². The number of hydrogen-bond acceptors (Lipinski definition) is 5. The second-order valence-corrected chi connectivity index (χ2v) is 11.2. The van der Waals surface area contributed by atoms with Crippen molar-refractivity contribution in [2.24, 2.45) is 0 Å². The van der Waals surface area contributed by atoms with Gasteiger partial charge in [0.2, 0.25) is 5.91 Å². The molecule has 10 heteroatoms. The van der Waals surface area contributed by atoms with Crippen molar-refractivity contribution in [3.8, 4) is 0 Å². The van der Waals surface area contributed by atoms with Crippen LogP contribution < -0.4 is 10.6 Å². The molecule has 1 heterocycles. The molecule has 2 aromatic carbocycles. The zero-order valence-electron chi connectivity index (χ0n) is 25.1. The normalized spacial score (nSPS) is 16.5. The van der Waals surface area contributed by atoms with Gasteiger partial charge in [0.1, 0.15) is 11.6 Å². The van der Waals surface area contributed by atoms with Gasteiger partial charge in [-0.1, -0.05) is 13.8 Å². The average Bonchev–Trinajstić information content (AvgIpc) is 2.94. The Bertz CT molecular complexity index is 1210. The maximum absolute atomic E-state index is 14.0. The quantitative estimate of drug-likeness (QED) is 0.331. The monoisotopic (exact) mass is 586 g/mol. The Hall–Kier alpha value is -3.37. The van der Waals surface area contributed by atoms with Crippen LogP contribution in [0, 0.1) is 18.6 Å². The third-order valence-corrected chi connectivity index (χ3v) is 7.50. The molecule has 1 unspecified atom stereocenters. The topological polar surface area (TPSA) is 102 Å². The number of benzene rings is 2. The fraction of sp³-hybridized carbons (Fsp3) is 0.531. The second kappa shape index (κ2) is 15.7. The Morgan fingerprint density at radius 2 is 1.67 bits per heavy atom. The van der Waals surface area contributed by atoms with E-state index in [2.05, 4.69) is 10.6 Å². The first-order chi connectivity index (χ1) is 20.0. The molecule has 8 nitrogen and oxygen atoms in total. The van der Waals surface area contributed by atoms with Gasteiger partial charge in [0.15, 0.2) is 0 Å². The molecule has 1 saturated heterocycles. The molecule has 1 aliphatic rings. The lowest BCUT2D eigenvalue weighted by molar-refractivity contribution is -0.130. The molecule has 0 bridgehead atoms. The van der Waals surface area contributed by atoms with Crippen LogP contribution in [0.4, 0.5) is 8.78 Å². The molecule has 0 saturated carbocycles. The number of piperidine rings is 1. The Labute approximate surface area is 247 Å². The highest BCUT2D eigenvalue weighted by molar-refractivity contribution is 6.00. The van der Waals surface area contributed by atoms with Crippen LogP contribution in [0.15, 0.2) is 36.4 Å². The summed E-state index contributed by atoms with van der Waals surface area (Å²) in [5.74, 6) is -2.17. The van der Waals surface area contributed by atoms with Crippen LogP contribution in [0.25, 0.3) is 0 Å². The van der Waals surface area contributed by atoms with Crippen LogP contribution in [0.1, 0.15) is 78.3 Å². The zero-order valence-corrected chi connectivity index (χ0v) is 25.1. The number of hydrogen-bond donors (Lipinski definition) is 3. The number of halogens is 2. The van der Waals surface area contributed by atoms with Crippen molar-refractivity contribution in [1.29, 1.82) is 0 Å². The number of likely N-dealkylation sites (tertiary alicyclic amines) is 1. The third-order valence-electron chi connectivity index (χ3n) is 7.50. The van der Waals surface area contributed by atoms with Gasteiger partial charge in [-0.2, -0.15) is 0 Å². The van der Waals surface area contributed by atoms with Crippen molar-refractivity contribution in [2.75, 3.05) is 32.7 Å². The van der Waals surface area contributed by atoms with E-state index >= 15 is 0 Å². The van der Waals surface area contributed by atoms with E-state index in [9.17, 15) is 28.3 Å². The number of carbonyl (C=O) groups excluding carboxylic acids is 3. The molecule has 42 heavy (non-hydrogen) atoms. The van der Waals surface area contributed by atoms with E-state index in [0.717, 1.165) is 37.3 Å². The van der Waals surface area contributed by atoms with Crippen LogP contribution in [-0.4, -0.2) is 83.5 Å². The lowest BCUT2D eigenvalue weighted by Crippen LogP contribution is -2.53. The van der Waals surface area contributed by atoms with E-state index in [-0.39, 0.29) is 41.9 Å². The lowest BCUT2D eigenvalue weighted by Gasteiger charge is -2.34. The average molecular weight is 587 g/mol. The highest BCUT2D eigenvalue weighted by Crippen LogP contribution is 2.17. The molecule has 2 aromatic rings. The molecule has 0 aromatic heterocycles. The smallest absolute Gasteiger partial charge is 0.253 e. The zero-order chi connectivity index (χ0) is 30.8. The fourth-order valence-electron chi connectivity index (χ4n) is 5.45. The number of nitrogens with zero attached hydrogens (tertiary/aromatic N) is 2. The summed E-state index contributed by atoms with van der Waals surface area (Å²) < 4.78 is 27.9. The van der Waals surface area contributed by atoms with Crippen molar-refractivity contribution >= 4 is 17.7 Å². The van der Waals surface area contributed by atoms with Crippen molar-refractivity contribution in [2.45, 2.75) is 78.0 Å². The molecule has 3 amide bonds. The summed E-state index contributed by atoms with van der Waals surface area (Å²) >= 11 is 0. The number of carbonyl (C=O) groups is 3. The Morgan fingerprint density at radius 3 is 2.29 bits per heavy atom. The second-order valence-electron chi connectivity index (χ2n) is 11.2. The van der Waals surface area contributed by atoms with E-state index in [1.54, 1.807) is 34.9 Å². The predicted molar refractivity (Wildman–Crippen MR) is 158 cm³/mol. The summed E-state index contributed by atoms with van der Waals surface area (Å²) in [6.45, 7) is 9.86. The molecule has 1 fully saturated rings. The number of nitrogens with one attached hydrogen (secondary N) is 2. The molecular formula is C32H44F2N4O4. The van der Waals surface area contributed by atoms with Crippen molar-refractivity contribution in [3.63, 3.8) is 0 Å². The lowest BCUT2D eigenvalue weighted by atomic mass is 9.98. The number of aliphatic hydroxyl groups is 1. The summed E-state index contributed by atoms with van der Waals surface area (Å²) in [6.07, 6.45) is 2.16. The van der Waals surface area contributed by atoms with Crippen molar-refractivity contribution in [1.82, 2.24) is 20.4 Å². The van der Waals surface area contributed by atoms with Gasteiger partial charge in [0.05, 0.1) is 12.1 Å². The highest BCUT2D eigenvalue weighted by atomic mass is 19.1. The number of rotatable bonds is 13. The van der Waals surface area contributed by atoms with Gasteiger partial charge < -0.3 is 25.5 Å². The first-order valence-electron chi connectivity index (χ1n) is 14.8. The Morgan fingerprint density at radius 1 is 1.02 bits per heavy atom. The van der Waals surface area contributed by atoms with E-state index in [1.165, 1.54) is 19.1 Å². The Kier molecular flexibility index (Phi) is 12.4. The molecule has 3 rings (SSSR count). The number of amides is 3. The van der Waals surface area contributed by atoms with Gasteiger partial charge in [0.25, 0.3) is 11.8 Å². The van der Waals surface area contributed by atoms with Gasteiger partial charge in [0, 0.05) is 62.9 Å². The van der Waals surface area contributed by atoms with Crippen LogP contribution in [0.3, 0.4) is 0 Å². The van der Waals surface area contributed by atoms with Gasteiger partial charge in [-0.05, 0) is 80.5 Å². The van der Waals surface area contributed by atoms with E-state index in [4.69, 9.17) is 0 Å². The van der Waals surface area contributed by atoms with Crippen LogP contribution in [-0.2, 0) is 11.2 Å². The summed E-state index contributed by atoms with van der Waals surface area (Å²) in [5.41, 5.74) is 1.68. The van der Waals surface area contributed by atoms with Gasteiger partial charge >= 0.3 is 0 Å². The van der Waals surface area contributed by atoms with E-state index < -0.39 is 29.7 Å². The number of aryl methyl sites for hydroxylation is 1. The fourth-order valence-corrected chi connectivity index (χ4v) is 5.45. The first kappa shape index (κ1) is 33.1. The maximum atomic E-state index is 14.0. The molecule has 3 atom stereocenters. The van der Waals surface area contributed by atoms with Crippen LogP contribution in [0.2, 0.25) is 0 Å². The third kappa shape index (κ3) is 9.59. The molecule has 0 radical (unpaired) electrons. The minimum atomic E-state index is -1.11. The SMILES string of the molecule is CCCN(CCC)C(=O)c1cc(C)cc(C(=O)N[C@@H](Cc2cc(F)cc(F)c2)[C@H](O)CNC2CCCN(C(C)=O)C2)c1. The number of aliphatic hydroxyl groups excluding tert-OH is 1. The largest absolute Gasteiger partial charge is 0.390 e. The predicted octanol–water partition coefficient (Wildman–Crippen LogP) is 3.84. The van der Waals surface area contributed by atoms with Gasteiger partial charge in [-0.25, -0.2) is 8.78 Å². The Balaban J connectivity index is 1.80. The summed E-state index contributed by atoms with van der Waals surface area (Å²) in [4.78, 5) is 42.1. The summed E-state index contributed by atoms with van der Waals surface area (Å²) in [5, 5.41) is 17.3. The van der Waals surface area contributed by atoms with Gasteiger partial charge in [-0.15, -0.1) is 0 Å². The molecule has 230 valence electrons. The molecule has 0 spiro atoms. The van der Waals surface area contributed by atoms with Gasteiger partial charge in [-0.3, -0.25) is 14.4 Å². The summed E-state index contributed by atoms with van der Waals surface area (Å²) in [7, 11) is 0. The van der Waals surface area contributed by atoms with Crippen molar-refractivity contribution in [3.05, 3.63) is 70.3 Å². The standard InChI is InChI=1S/C32H44F2N4O4/c1-5-9-37(10-6-2)32(42)25-13-21(3)12-24(17-25)31(41)36-29(16-23-14-26(33)18-27(34)15-23)30(40)19-35-28-8-7-11-38(20-28)22(4)39/h12-15,17-18,28-30,35,40H,5-11,16,19-20H2,1-4H3,(H,36,41)/t28?,29-,30+/m0/s1. The minimum absolute atomic E-state index is 0.0103. The molecule has 3 N–H and O–H groups in total. The van der Waals surface area contributed by atoms with Crippen LogP contribution >= 0.6 is 0 Å². The van der Waals surface area contributed by atoms with E-state index in [1.807, 2.05) is 13.8 Å². The minimum Gasteiger partial charge on any atom is -0.390 e. The summed E-state index contributed by atoms with van der Waals surface area (Å²) in [6, 6.07) is 7.15. The highest BCUT2D eigenvalue weighted by Gasteiger charge is 2.27.